The number of carbonyl (C=O) groups excluding carboxylic acids is 2. The highest BCUT2D eigenvalue weighted by Crippen LogP contribution is 2.44. The van der Waals surface area contributed by atoms with Gasteiger partial charge in [0.1, 0.15) is 18.1 Å². The fraction of sp³-hybridized carbons (Fsp3) is 0.409. The number of amides is 2. The Labute approximate surface area is 194 Å². The number of ether oxygens (including phenoxy) is 3. The van der Waals surface area contributed by atoms with E-state index in [4.69, 9.17) is 25.0 Å². The number of likely N-dealkylation sites (tertiary alicyclic amines) is 2. The lowest BCUT2D eigenvalue weighted by molar-refractivity contribution is -0.129. The summed E-state index contributed by atoms with van der Waals surface area (Å²) in [6.45, 7) is 2.63. The van der Waals surface area contributed by atoms with Crippen LogP contribution in [0.4, 0.5) is 0 Å². The van der Waals surface area contributed by atoms with Crippen molar-refractivity contribution in [2.45, 2.75) is 6.42 Å². The Morgan fingerprint density at radius 2 is 2.03 bits per heavy atom. The molecule has 1 aromatic carbocycles. The molecule has 0 radical (unpaired) electrons. The van der Waals surface area contributed by atoms with Gasteiger partial charge in [0.25, 0.3) is 5.91 Å². The van der Waals surface area contributed by atoms with Crippen LogP contribution in [0.5, 0.6) is 11.5 Å². The monoisotopic (exact) mass is 469 g/mol. The molecule has 5 rings (SSSR count). The number of nitrogens with one attached hydrogen (secondary N) is 2. The van der Waals surface area contributed by atoms with Gasteiger partial charge in [-0.3, -0.25) is 25.4 Å². The summed E-state index contributed by atoms with van der Waals surface area (Å²) in [6, 6.07) is 5.46. The van der Waals surface area contributed by atoms with Crippen LogP contribution in [0, 0.1) is 22.2 Å². The van der Waals surface area contributed by atoms with E-state index >= 15 is 0 Å². The maximum Gasteiger partial charge on any atom is 0.265 e. The molecule has 2 N–H and O–H groups in total. The van der Waals surface area contributed by atoms with Crippen molar-refractivity contribution in [3.05, 3.63) is 40.3 Å². The molecule has 2 aromatic rings. The number of nitrogens with zero attached hydrogens (tertiary/aromatic N) is 3. The third kappa shape index (κ3) is 4.04. The number of carbonyl (C=O) groups is 2. The van der Waals surface area contributed by atoms with E-state index in [9.17, 15) is 9.59 Å². The smallest absolute Gasteiger partial charge is 0.265 e. The van der Waals surface area contributed by atoms with Crippen molar-refractivity contribution in [3.8, 4) is 11.5 Å². The fourth-order valence-electron chi connectivity index (χ4n) is 4.74. The molecule has 2 saturated heterocycles. The van der Waals surface area contributed by atoms with Gasteiger partial charge in [-0.15, -0.1) is 11.3 Å². The summed E-state index contributed by atoms with van der Waals surface area (Å²) in [4.78, 5) is 31.9. The maximum absolute atomic E-state index is 12.9. The second kappa shape index (κ2) is 8.47. The fourth-order valence-corrected chi connectivity index (χ4v) is 5.33. The van der Waals surface area contributed by atoms with E-state index in [1.54, 1.807) is 21.4 Å². The molecule has 1 spiro atoms. The van der Waals surface area contributed by atoms with Crippen LogP contribution in [0.15, 0.2) is 29.9 Å². The largest absolute Gasteiger partial charge is 0.486 e. The van der Waals surface area contributed by atoms with Crippen LogP contribution in [-0.4, -0.2) is 78.3 Å². The van der Waals surface area contributed by atoms with Crippen molar-refractivity contribution in [1.82, 2.24) is 14.8 Å². The molecule has 3 aliphatic heterocycles. The van der Waals surface area contributed by atoms with E-state index in [-0.39, 0.29) is 24.1 Å². The molecule has 1 aromatic heterocycles. The topological polar surface area (TPSA) is 129 Å². The normalized spacial score (nSPS) is 20.3. The van der Waals surface area contributed by atoms with Crippen LogP contribution in [0.25, 0.3) is 0 Å². The highest BCUT2D eigenvalue weighted by atomic mass is 32.1. The molecule has 0 saturated carbocycles. The first-order chi connectivity index (χ1) is 16.0. The first-order valence-electron chi connectivity index (χ1n) is 10.6. The minimum absolute atomic E-state index is 0.0531. The van der Waals surface area contributed by atoms with E-state index < -0.39 is 11.3 Å². The lowest BCUT2D eigenvalue weighted by atomic mass is 9.71. The van der Waals surface area contributed by atoms with E-state index in [1.165, 1.54) is 17.5 Å². The summed E-state index contributed by atoms with van der Waals surface area (Å²) in [6.07, 6.45) is 2.52. The predicted octanol–water partition coefficient (Wildman–Crippen LogP) is 1.66. The maximum atomic E-state index is 12.9. The number of hydrogen-bond acceptors (Lipinski definition) is 9. The molecule has 4 heterocycles. The summed E-state index contributed by atoms with van der Waals surface area (Å²) >= 11 is 1.27. The zero-order valence-electron chi connectivity index (χ0n) is 17.8. The van der Waals surface area contributed by atoms with E-state index in [0.29, 0.717) is 55.8 Å². The summed E-state index contributed by atoms with van der Waals surface area (Å²) in [5.74, 6) is 0.660. The minimum Gasteiger partial charge on any atom is -0.486 e. The molecule has 2 amide bonds. The lowest BCUT2D eigenvalue weighted by Gasteiger charge is -2.48. The van der Waals surface area contributed by atoms with E-state index in [2.05, 4.69) is 4.98 Å². The van der Waals surface area contributed by atoms with Crippen molar-refractivity contribution in [2.24, 2.45) is 11.3 Å². The molecular formula is C22H23N5O5S. The highest BCUT2D eigenvalue weighted by Gasteiger charge is 2.57. The van der Waals surface area contributed by atoms with E-state index in [0.717, 1.165) is 12.0 Å². The van der Waals surface area contributed by atoms with Gasteiger partial charge in [0.15, 0.2) is 23.3 Å². The molecule has 0 bridgehead atoms. The predicted molar refractivity (Wildman–Crippen MR) is 119 cm³/mol. The quantitative estimate of drug-likeness (QED) is 0.389. The van der Waals surface area contributed by atoms with Gasteiger partial charge in [-0.2, -0.15) is 0 Å². The van der Waals surface area contributed by atoms with Crippen LogP contribution in [0.1, 0.15) is 15.2 Å². The number of fused-ring (bicyclic) bond motifs is 1. The molecule has 1 atom stereocenters. The Morgan fingerprint density at radius 3 is 2.76 bits per heavy atom. The zero-order valence-corrected chi connectivity index (χ0v) is 18.6. The Kier molecular flexibility index (Phi) is 5.49. The molecule has 3 aliphatic rings. The van der Waals surface area contributed by atoms with Crippen molar-refractivity contribution < 1.29 is 23.8 Å². The van der Waals surface area contributed by atoms with Gasteiger partial charge in [-0.1, -0.05) is 6.07 Å². The van der Waals surface area contributed by atoms with Crippen LogP contribution in [0.2, 0.25) is 0 Å². The Morgan fingerprint density at radius 1 is 1.24 bits per heavy atom. The number of rotatable bonds is 5. The minimum atomic E-state index is -0.435. The average Bonchev–Trinajstić information content (AvgIpc) is 3.46. The summed E-state index contributed by atoms with van der Waals surface area (Å²) in [5, 5.41) is 16.9. The van der Waals surface area contributed by atoms with Crippen molar-refractivity contribution >= 4 is 35.4 Å². The summed E-state index contributed by atoms with van der Waals surface area (Å²) in [5.41, 5.74) is 1.99. The van der Waals surface area contributed by atoms with Gasteiger partial charge in [-0.05, 0) is 17.7 Å². The number of thiazole rings is 1. The highest BCUT2D eigenvalue weighted by molar-refractivity contribution is 7.11. The molecular weight excluding hydrogens is 446 g/mol. The molecule has 2 fully saturated rings. The Balaban J connectivity index is 1.26. The van der Waals surface area contributed by atoms with Crippen LogP contribution in [0.3, 0.4) is 0 Å². The van der Waals surface area contributed by atoms with Gasteiger partial charge in [-0.25, -0.2) is 0 Å². The van der Waals surface area contributed by atoms with Crippen LogP contribution < -0.4 is 9.47 Å². The SMILES string of the molecule is N=C(Cc1ccc2c(c1)OCCO2)OC(=N)C1CN(C(=O)c2cncs2)CC12CN(C=O)C2. The van der Waals surface area contributed by atoms with E-state index in [1.807, 2.05) is 12.1 Å². The van der Waals surface area contributed by atoms with Gasteiger partial charge in [0.05, 0.1) is 17.6 Å². The lowest BCUT2D eigenvalue weighted by Crippen LogP contribution is -2.61. The van der Waals surface area contributed by atoms with Gasteiger partial charge >= 0.3 is 0 Å². The number of aromatic nitrogens is 1. The first-order valence-corrected chi connectivity index (χ1v) is 11.4. The average molecular weight is 470 g/mol. The van der Waals surface area contributed by atoms with Gasteiger partial charge in [0, 0.05) is 38.0 Å². The Hall–Kier alpha value is -3.47. The molecule has 10 nitrogen and oxygen atoms in total. The zero-order chi connectivity index (χ0) is 23.0. The number of hydrogen-bond donors (Lipinski definition) is 2. The third-order valence-electron chi connectivity index (χ3n) is 6.28. The number of benzene rings is 1. The van der Waals surface area contributed by atoms with Crippen molar-refractivity contribution in [1.29, 1.82) is 10.8 Å². The summed E-state index contributed by atoms with van der Waals surface area (Å²) in [7, 11) is 0. The van der Waals surface area contributed by atoms with Gasteiger partial charge < -0.3 is 24.0 Å². The molecule has 11 heteroatoms. The molecule has 1 unspecified atom stereocenters. The third-order valence-corrected chi connectivity index (χ3v) is 7.05. The van der Waals surface area contributed by atoms with Crippen molar-refractivity contribution in [3.63, 3.8) is 0 Å². The second-order valence-corrected chi connectivity index (χ2v) is 9.41. The first kappa shape index (κ1) is 21.4. The Bertz CT molecular complexity index is 1100. The standard InChI is InChI=1S/C22H23N5O5S/c23-19(6-14-1-2-16-17(5-14)31-4-3-30-16)32-20(24)15-8-27(21(29)18-7-25-12-33-18)11-22(15)9-26(10-22)13-28/h1-2,5,7,12-13,15,23-24H,3-4,6,8-11H2. The second-order valence-electron chi connectivity index (χ2n) is 8.52. The summed E-state index contributed by atoms with van der Waals surface area (Å²) < 4.78 is 16.8. The van der Waals surface area contributed by atoms with Crippen molar-refractivity contribution in [2.75, 3.05) is 39.4 Å². The molecule has 33 heavy (non-hydrogen) atoms. The molecule has 172 valence electrons. The molecule has 0 aliphatic carbocycles. The van der Waals surface area contributed by atoms with Gasteiger partial charge in [0.2, 0.25) is 6.41 Å². The van der Waals surface area contributed by atoms with Crippen LogP contribution >= 0.6 is 11.3 Å². The van der Waals surface area contributed by atoms with Crippen LogP contribution in [-0.2, 0) is 16.0 Å².